The summed E-state index contributed by atoms with van der Waals surface area (Å²) >= 11 is 0. The van der Waals surface area contributed by atoms with Gasteiger partial charge in [-0.3, -0.25) is 4.79 Å². The lowest BCUT2D eigenvalue weighted by atomic mass is 9.83. The van der Waals surface area contributed by atoms with Crippen molar-refractivity contribution in [1.82, 2.24) is 5.32 Å². The molecule has 0 atom stereocenters. The van der Waals surface area contributed by atoms with Crippen LogP contribution in [-0.2, 0) is 4.79 Å². The van der Waals surface area contributed by atoms with Crippen molar-refractivity contribution in [2.45, 2.75) is 44.9 Å². The molecule has 0 bridgehead atoms. The minimum Gasteiger partial charge on any atom is -0.409 e. The predicted octanol–water partition coefficient (Wildman–Crippen LogP) is 1.21. The summed E-state index contributed by atoms with van der Waals surface area (Å²) < 4.78 is 0. The molecule has 92 valence electrons. The SMILES string of the molecule is NC(CCCCNC(=O)CC1CCC1)=NO. The number of amidine groups is 1. The van der Waals surface area contributed by atoms with E-state index in [9.17, 15) is 4.79 Å². The summed E-state index contributed by atoms with van der Waals surface area (Å²) in [5.74, 6) is 1.03. The molecule has 16 heavy (non-hydrogen) atoms. The monoisotopic (exact) mass is 227 g/mol. The number of rotatable bonds is 7. The molecule has 1 aliphatic rings. The molecule has 0 spiro atoms. The Balaban J connectivity index is 1.91. The zero-order valence-corrected chi connectivity index (χ0v) is 9.61. The molecule has 0 radical (unpaired) electrons. The molecule has 0 saturated heterocycles. The standard InChI is InChI=1S/C11H21N3O2/c12-10(14-16)6-1-2-7-13-11(15)8-9-4-3-5-9/h9,16H,1-8H2,(H2,12,14)(H,13,15). The number of amides is 1. The smallest absolute Gasteiger partial charge is 0.220 e. The second-order valence-electron chi connectivity index (χ2n) is 4.40. The highest BCUT2D eigenvalue weighted by atomic mass is 16.4. The first kappa shape index (κ1) is 12.8. The van der Waals surface area contributed by atoms with Gasteiger partial charge in [0.05, 0.1) is 0 Å². The van der Waals surface area contributed by atoms with Crippen molar-refractivity contribution in [2.75, 3.05) is 6.54 Å². The van der Waals surface area contributed by atoms with E-state index in [4.69, 9.17) is 10.9 Å². The van der Waals surface area contributed by atoms with Gasteiger partial charge in [0.25, 0.3) is 0 Å². The summed E-state index contributed by atoms with van der Waals surface area (Å²) in [6.07, 6.45) is 6.65. The Morgan fingerprint density at radius 1 is 1.44 bits per heavy atom. The lowest BCUT2D eigenvalue weighted by Crippen LogP contribution is -2.28. The second-order valence-corrected chi connectivity index (χ2v) is 4.40. The van der Waals surface area contributed by atoms with Crippen LogP contribution in [0.15, 0.2) is 5.16 Å². The Kier molecular flexibility index (Phi) is 5.67. The van der Waals surface area contributed by atoms with Crippen molar-refractivity contribution in [3.05, 3.63) is 0 Å². The molecule has 1 saturated carbocycles. The molecule has 0 unspecified atom stereocenters. The average molecular weight is 227 g/mol. The largest absolute Gasteiger partial charge is 0.409 e. The van der Waals surface area contributed by atoms with E-state index < -0.39 is 0 Å². The molecule has 4 N–H and O–H groups in total. The maximum atomic E-state index is 11.4. The highest BCUT2D eigenvalue weighted by molar-refractivity contribution is 5.79. The third-order valence-electron chi connectivity index (χ3n) is 3.01. The van der Waals surface area contributed by atoms with Gasteiger partial charge in [-0.2, -0.15) is 0 Å². The van der Waals surface area contributed by atoms with Gasteiger partial charge in [-0.05, 0) is 31.6 Å². The van der Waals surface area contributed by atoms with E-state index in [1.807, 2.05) is 0 Å². The van der Waals surface area contributed by atoms with Crippen molar-refractivity contribution in [1.29, 1.82) is 0 Å². The van der Waals surface area contributed by atoms with Crippen molar-refractivity contribution in [3.63, 3.8) is 0 Å². The molecule has 0 aliphatic heterocycles. The van der Waals surface area contributed by atoms with E-state index >= 15 is 0 Å². The lowest BCUT2D eigenvalue weighted by molar-refractivity contribution is -0.122. The van der Waals surface area contributed by atoms with Crippen LogP contribution in [0.3, 0.4) is 0 Å². The molecule has 0 heterocycles. The maximum Gasteiger partial charge on any atom is 0.220 e. The number of hydrogen-bond donors (Lipinski definition) is 3. The van der Waals surface area contributed by atoms with Crippen LogP contribution in [0, 0.1) is 5.92 Å². The fourth-order valence-corrected chi connectivity index (χ4v) is 1.74. The predicted molar refractivity (Wildman–Crippen MR) is 62.2 cm³/mol. The van der Waals surface area contributed by atoms with Crippen LogP contribution in [0.2, 0.25) is 0 Å². The van der Waals surface area contributed by atoms with Crippen LogP contribution < -0.4 is 11.1 Å². The number of unbranched alkanes of at least 4 members (excludes halogenated alkanes) is 1. The first-order valence-electron chi connectivity index (χ1n) is 5.95. The second kappa shape index (κ2) is 7.09. The van der Waals surface area contributed by atoms with Gasteiger partial charge >= 0.3 is 0 Å². The van der Waals surface area contributed by atoms with Gasteiger partial charge in [-0.1, -0.05) is 11.6 Å². The van der Waals surface area contributed by atoms with Crippen LogP contribution >= 0.6 is 0 Å². The summed E-state index contributed by atoms with van der Waals surface area (Å²) in [5, 5.41) is 14.1. The minimum absolute atomic E-state index is 0.161. The Bertz CT molecular complexity index is 250. The third kappa shape index (κ3) is 5.00. The third-order valence-corrected chi connectivity index (χ3v) is 3.01. The number of hydrogen-bond acceptors (Lipinski definition) is 3. The summed E-state index contributed by atoms with van der Waals surface area (Å²) in [5.41, 5.74) is 5.32. The van der Waals surface area contributed by atoms with E-state index in [-0.39, 0.29) is 11.7 Å². The van der Waals surface area contributed by atoms with Crippen molar-refractivity contribution in [3.8, 4) is 0 Å². The van der Waals surface area contributed by atoms with Gasteiger partial charge in [-0.25, -0.2) is 0 Å². The Morgan fingerprint density at radius 2 is 2.19 bits per heavy atom. The Hall–Kier alpha value is -1.26. The van der Waals surface area contributed by atoms with Crippen LogP contribution in [0.4, 0.5) is 0 Å². The van der Waals surface area contributed by atoms with Crippen LogP contribution in [0.1, 0.15) is 44.9 Å². The van der Waals surface area contributed by atoms with E-state index in [0.29, 0.717) is 25.3 Å². The van der Waals surface area contributed by atoms with E-state index in [1.54, 1.807) is 0 Å². The summed E-state index contributed by atoms with van der Waals surface area (Å²) in [4.78, 5) is 11.4. The van der Waals surface area contributed by atoms with E-state index in [1.165, 1.54) is 19.3 Å². The summed E-state index contributed by atoms with van der Waals surface area (Å²) in [6.45, 7) is 0.685. The fraction of sp³-hybridized carbons (Fsp3) is 0.818. The van der Waals surface area contributed by atoms with Crippen molar-refractivity contribution < 1.29 is 10.0 Å². The fourth-order valence-electron chi connectivity index (χ4n) is 1.74. The van der Waals surface area contributed by atoms with Gasteiger partial charge in [0, 0.05) is 19.4 Å². The highest BCUT2D eigenvalue weighted by Gasteiger charge is 2.20. The van der Waals surface area contributed by atoms with Crippen molar-refractivity contribution >= 4 is 11.7 Å². The minimum atomic E-state index is 0.161. The number of nitrogens with two attached hydrogens (primary N) is 1. The van der Waals surface area contributed by atoms with Gasteiger partial charge in [0.2, 0.25) is 5.91 Å². The molecule has 5 heteroatoms. The van der Waals surface area contributed by atoms with E-state index in [2.05, 4.69) is 10.5 Å². The molecule has 1 rings (SSSR count). The first-order valence-corrected chi connectivity index (χ1v) is 5.95. The van der Waals surface area contributed by atoms with Crippen LogP contribution in [0.5, 0.6) is 0 Å². The molecular weight excluding hydrogens is 206 g/mol. The van der Waals surface area contributed by atoms with Gasteiger partial charge < -0.3 is 16.3 Å². The Labute approximate surface area is 96.1 Å². The lowest BCUT2D eigenvalue weighted by Gasteiger charge is -2.24. The van der Waals surface area contributed by atoms with Crippen LogP contribution in [0.25, 0.3) is 0 Å². The number of carbonyl (C=O) groups excluding carboxylic acids is 1. The van der Waals surface area contributed by atoms with Crippen molar-refractivity contribution in [2.24, 2.45) is 16.8 Å². The van der Waals surface area contributed by atoms with Gasteiger partial charge in [0.1, 0.15) is 5.84 Å². The van der Waals surface area contributed by atoms with Gasteiger partial charge in [0.15, 0.2) is 0 Å². The quantitative estimate of drug-likeness (QED) is 0.201. The molecule has 1 aliphatic carbocycles. The molecular formula is C11H21N3O2. The van der Waals surface area contributed by atoms with E-state index in [0.717, 1.165) is 12.8 Å². The molecule has 0 aromatic rings. The zero-order valence-electron chi connectivity index (χ0n) is 9.61. The maximum absolute atomic E-state index is 11.4. The molecule has 1 amide bonds. The molecule has 0 aromatic heterocycles. The number of oxime groups is 1. The number of nitrogens with one attached hydrogen (secondary N) is 1. The molecule has 0 aromatic carbocycles. The zero-order chi connectivity index (χ0) is 11.8. The summed E-state index contributed by atoms with van der Waals surface area (Å²) in [7, 11) is 0. The average Bonchev–Trinajstić information content (AvgIpc) is 2.22. The highest BCUT2D eigenvalue weighted by Crippen LogP contribution is 2.28. The topological polar surface area (TPSA) is 87.7 Å². The van der Waals surface area contributed by atoms with Crippen LogP contribution in [-0.4, -0.2) is 23.5 Å². The normalized spacial score (nSPS) is 16.9. The molecule has 5 nitrogen and oxygen atoms in total. The number of carbonyl (C=O) groups is 1. The molecule has 1 fully saturated rings. The van der Waals surface area contributed by atoms with Gasteiger partial charge in [-0.15, -0.1) is 0 Å². The summed E-state index contributed by atoms with van der Waals surface area (Å²) in [6, 6.07) is 0. The Morgan fingerprint density at radius 3 is 2.75 bits per heavy atom. The number of nitrogens with zero attached hydrogens (tertiary/aromatic N) is 1. The first-order chi connectivity index (χ1) is 7.72.